The fourth-order valence-corrected chi connectivity index (χ4v) is 4.10. The van der Waals surface area contributed by atoms with Crippen molar-refractivity contribution in [3.63, 3.8) is 0 Å². The number of rotatable bonds is 9. The average Bonchev–Trinajstić information content (AvgIpc) is 2.80. The third-order valence-electron chi connectivity index (χ3n) is 2.56. The smallest absolute Gasteiger partial charge is 0.304 e. The first kappa shape index (κ1) is 17.8. The highest BCUT2D eigenvalue weighted by Crippen LogP contribution is 2.36. The molecule has 1 rings (SSSR count). The monoisotopic (exact) mass is 336 g/mol. The summed E-state index contributed by atoms with van der Waals surface area (Å²) in [5.74, 6) is 0. The van der Waals surface area contributed by atoms with Crippen LogP contribution in [0.25, 0.3) is 0 Å². The number of thiophene rings is 1. The van der Waals surface area contributed by atoms with E-state index in [0.29, 0.717) is 19.5 Å². The topological polar surface area (TPSA) is 105 Å². The van der Waals surface area contributed by atoms with Gasteiger partial charge in [0.05, 0.1) is 4.92 Å². The predicted octanol–water partition coefficient (Wildman–Crippen LogP) is 1.32. The van der Waals surface area contributed by atoms with Crippen LogP contribution in [0.3, 0.4) is 0 Å². The second kappa shape index (κ2) is 7.69. The number of nitro groups is 1. The van der Waals surface area contributed by atoms with Gasteiger partial charge in [0.15, 0.2) is 5.00 Å². The number of sulfonamides is 1. The Morgan fingerprint density at radius 3 is 2.62 bits per heavy atom. The van der Waals surface area contributed by atoms with Gasteiger partial charge in [-0.25, -0.2) is 13.1 Å². The molecule has 0 saturated carbocycles. The first-order valence-electron chi connectivity index (χ1n) is 6.44. The summed E-state index contributed by atoms with van der Waals surface area (Å²) >= 11 is 0.870. The number of nitrogens with one attached hydrogen (secondary N) is 2. The summed E-state index contributed by atoms with van der Waals surface area (Å²) in [7, 11) is 0.0990. The van der Waals surface area contributed by atoms with Crippen LogP contribution in [-0.4, -0.2) is 52.0 Å². The minimum atomic E-state index is -3.71. The molecule has 1 heterocycles. The Labute approximate surface area is 128 Å². The van der Waals surface area contributed by atoms with Crippen LogP contribution in [0.4, 0.5) is 10.7 Å². The van der Waals surface area contributed by atoms with Gasteiger partial charge in [-0.05, 0) is 34.0 Å². The number of hydrogen-bond acceptors (Lipinski definition) is 7. The Kier molecular flexibility index (Phi) is 6.52. The zero-order valence-electron chi connectivity index (χ0n) is 12.2. The molecule has 0 atom stereocenters. The molecular weight excluding hydrogens is 316 g/mol. The zero-order valence-corrected chi connectivity index (χ0v) is 13.9. The molecule has 8 nitrogen and oxygen atoms in total. The molecule has 0 aliphatic heterocycles. The van der Waals surface area contributed by atoms with E-state index < -0.39 is 14.9 Å². The summed E-state index contributed by atoms with van der Waals surface area (Å²) in [6.45, 7) is 3.33. The standard InChI is InChI=1S/C11H20N4O4S2/c1-4-12-11-9(15(16)17)8-10(20-11)21(18,19)13-6-5-7-14(2)3/h8,12-13H,4-7H2,1-3H3. The van der Waals surface area contributed by atoms with Gasteiger partial charge in [0.2, 0.25) is 10.0 Å². The van der Waals surface area contributed by atoms with Crippen LogP contribution in [0.1, 0.15) is 13.3 Å². The highest BCUT2D eigenvalue weighted by atomic mass is 32.2. The van der Waals surface area contributed by atoms with Crippen molar-refractivity contribution in [3.8, 4) is 0 Å². The van der Waals surface area contributed by atoms with Gasteiger partial charge < -0.3 is 10.2 Å². The Balaban J connectivity index is 2.83. The van der Waals surface area contributed by atoms with Gasteiger partial charge in [0.25, 0.3) is 0 Å². The third-order valence-corrected chi connectivity index (χ3v) is 5.58. The Morgan fingerprint density at radius 1 is 1.43 bits per heavy atom. The van der Waals surface area contributed by atoms with E-state index in [0.717, 1.165) is 23.9 Å². The summed E-state index contributed by atoms with van der Waals surface area (Å²) in [6.07, 6.45) is 0.666. The van der Waals surface area contributed by atoms with Crippen LogP contribution in [-0.2, 0) is 10.0 Å². The second-order valence-electron chi connectivity index (χ2n) is 4.62. The maximum absolute atomic E-state index is 12.1. The second-order valence-corrected chi connectivity index (χ2v) is 7.67. The van der Waals surface area contributed by atoms with Crippen LogP contribution in [0.2, 0.25) is 0 Å². The average molecular weight is 336 g/mol. The maximum Gasteiger partial charge on any atom is 0.304 e. The van der Waals surface area contributed by atoms with Gasteiger partial charge in [-0.2, -0.15) is 0 Å². The first-order valence-corrected chi connectivity index (χ1v) is 8.74. The number of hydrogen-bond donors (Lipinski definition) is 2. The molecule has 0 aliphatic rings. The van der Waals surface area contributed by atoms with Crippen molar-refractivity contribution >= 4 is 32.0 Å². The molecule has 2 N–H and O–H groups in total. The lowest BCUT2D eigenvalue weighted by atomic mass is 10.4. The first-order chi connectivity index (χ1) is 9.77. The lowest BCUT2D eigenvalue weighted by molar-refractivity contribution is -0.383. The molecule has 10 heteroatoms. The minimum Gasteiger partial charge on any atom is -0.372 e. The summed E-state index contributed by atoms with van der Waals surface area (Å²) in [6, 6.07) is 1.09. The molecule has 120 valence electrons. The van der Waals surface area contributed by atoms with E-state index in [2.05, 4.69) is 10.0 Å². The van der Waals surface area contributed by atoms with Crippen LogP contribution < -0.4 is 10.0 Å². The van der Waals surface area contributed by atoms with Crippen molar-refractivity contribution in [1.29, 1.82) is 0 Å². The van der Waals surface area contributed by atoms with E-state index in [4.69, 9.17) is 0 Å². The van der Waals surface area contributed by atoms with Crippen LogP contribution in [0, 0.1) is 10.1 Å². The fraction of sp³-hybridized carbons (Fsp3) is 0.636. The lowest BCUT2D eigenvalue weighted by Gasteiger charge is -2.09. The van der Waals surface area contributed by atoms with E-state index in [-0.39, 0.29) is 14.9 Å². The van der Waals surface area contributed by atoms with Gasteiger partial charge in [0.1, 0.15) is 4.21 Å². The number of anilines is 1. The lowest BCUT2D eigenvalue weighted by Crippen LogP contribution is -2.26. The molecule has 0 bridgehead atoms. The van der Waals surface area contributed by atoms with E-state index in [1.807, 2.05) is 19.0 Å². The van der Waals surface area contributed by atoms with Crippen molar-refractivity contribution in [1.82, 2.24) is 9.62 Å². The number of nitrogens with zero attached hydrogens (tertiary/aromatic N) is 2. The molecule has 0 radical (unpaired) electrons. The van der Waals surface area contributed by atoms with Gasteiger partial charge in [0, 0.05) is 19.2 Å². The largest absolute Gasteiger partial charge is 0.372 e. The summed E-state index contributed by atoms with van der Waals surface area (Å²) in [5.41, 5.74) is -0.212. The van der Waals surface area contributed by atoms with E-state index in [9.17, 15) is 18.5 Å². The van der Waals surface area contributed by atoms with Gasteiger partial charge in [-0.1, -0.05) is 11.3 Å². The molecule has 0 aromatic carbocycles. The van der Waals surface area contributed by atoms with Gasteiger partial charge in [-0.15, -0.1) is 0 Å². The maximum atomic E-state index is 12.1. The molecule has 21 heavy (non-hydrogen) atoms. The third kappa shape index (κ3) is 5.23. The van der Waals surface area contributed by atoms with Crippen LogP contribution >= 0.6 is 11.3 Å². The SMILES string of the molecule is CCNc1sc(S(=O)(=O)NCCCN(C)C)cc1[N+](=O)[O-]. The van der Waals surface area contributed by atoms with Gasteiger partial charge >= 0.3 is 5.69 Å². The normalized spacial score (nSPS) is 11.8. The highest BCUT2D eigenvalue weighted by Gasteiger charge is 2.25. The minimum absolute atomic E-state index is 0.0463. The molecule has 0 unspecified atom stereocenters. The van der Waals surface area contributed by atoms with Crippen LogP contribution in [0.5, 0.6) is 0 Å². The molecule has 0 amide bonds. The van der Waals surface area contributed by atoms with E-state index >= 15 is 0 Å². The van der Waals surface area contributed by atoms with Crippen LogP contribution in [0.15, 0.2) is 10.3 Å². The summed E-state index contributed by atoms with van der Waals surface area (Å²) in [4.78, 5) is 12.3. The quantitative estimate of drug-likeness (QED) is 0.400. The van der Waals surface area contributed by atoms with Crippen molar-refractivity contribution in [3.05, 3.63) is 16.2 Å². The Morgan fingerprint density at radius 2 is 2.10 bits per heavy atom. The van der Waals surface area contributed by atoms with Crippen molar-refractivity contribution in [2.45, 2.75) is 17.6 Å². The van der Waals surface area contributed by atoms with Gasteiger partial charge in [-0.3, -0.25) is 10.1 Å². The Hall–Kier alpha value is -1.23. The van der Waals surface area contributed by atoms with E-state index in [1.54, 1.807) is 6.92 Å². The molecule has 1 aromatic rings. The highest BCUT2D eigenvalue weighted by molar-refractivity contribution is 7.91. The van der Waals surface area contributed by atoms with Crippen molar-refractivity contribution in [2.24, 2.45) is 0 Å². The fourth-order valence-electron chi connectivity index (χ4n) is 1.59. The van der Waals surface area contributed by atoms with Crippen molar-refractivity contribution in [2.75, 3.05) is 39.0 Å². The molecule has 0 spiro atoms. The van der Waals surface area contributed by atoms with Crippen molar-refractivity contribution < 1.29 is 13.3 Å². The predicted molar refractivity (Wildman–Crippen MR) is 83.5 cm³/mol. The summed E-state index contributed by atoms with van der Waals surface area (Å²) < 4.78 is 26.6. The molecule has 1 aromatic heterocycles. The molecule has 0 saturated heterocycles. The summed E-state index contributed by atoms with van der Waals surface area (Å²) in [5, 5.41) is 14.0. The molecule has 0 fully saturated rings. The zero-order chi connectivity index (χ0) is 16.0. The molecule has 0 aliphatic carbocycles. The molecular formula is C11H20N4O4S2. The van der Waals surface area contributed by atoms with E-state index in [1.165, 1.54) is 0 Å². The Bertz CT molecular complexity index is 583.